The van der Waals surface area contributed by atoms with Crippen molar-refractivity contribution < 1.29 is 13.2 Å². The minimum absolute atomic E-state index is 0.0464. The average Bonchev–Trinajstić information content (AvgIpc) is 3.27. The zero-order chi connectivity index (χ0) is 19.0. The zero-order valence-electron chi connectivity index (χ0n) is 15.0. The van der Waals surface area contributed by atoms with E-state index in [0.29, 0.717) is 13.0 Å². The van der Waals surface area contributed by atoms with Crippen LogP contribution in [-0.4, -0.2) is 59.2 Å². The van der Waals surface area contributed by atoms with Crippen LogP contribution in [0, 0.1) is 0 Å². The molecule has 3 aliphatic heterocycles. The van der Waals surface area contributed by atoms with Crippen molar-refractivity contribution in [2.45, 2.75) is 25.4 Å². The third-order valence-corrected chi connectivity index (χ3v) is 7.77. The Morgan fingerprint density at radius 2 is 2.22 bits per heavy atom. The smallest absolute Gasteiger partial charge is 0.233 e. The highest BCUT2D eigenvalue weighted by molar-refractivity contribution is 8.14. The Kier molecular flexibility index (Phi) is 4.90. The lowest BCUT2D eigenvalue weighted by atomic mass is 10.0. The first-order valence-electron chi connectivity index (χ1n) is 9.01. The molecule has 1 aromatic rings. The summed E-state index contributed by atoms with van der Waals surface area (Å²) in [7, 11) is -3.02. The molecule has 0 aromatic heterocycles. The SMILES string of the molecule is CCN(C(=O)CSC1=Nc2ccccc2[C@@H]2C=CNN12)[C@H]1CCS(=O)(=O)C1. The molecule has 1 aromatic carbocycles. The lowest BCUT2D eigenvalue weighted by Crippen LogP contribution is -2.43. The number of carbonyl (C=O) groups excluding carboxylic acids is 1. The Balaban J connectivity index is 1.46. The second-order valence-corrected chi connectivity index (χ2v) is 9.95. The number of carbonyl (C=O) groups is 1. The lowest BCUT2D eigenvalue weighted by Gasteiger charge is -2.32. The van der Waals surface area contributed by atoms with Crippen molar-refractivity contribution in [1.82, 2.24) is 15.3 Å². The summed E-state index contributed by atoms with van der Waals surface area (Å²) >= 11 is 1.38. The second-order valence-electron chi connectivity index (χ2n) is 6.78. The van der Waals surface area contributed by atoms with Crippen LogP contribution in [-0.2, 0) is 14.6 Å². The minimum Gasteiger partial charge on any atom is -0.338 e. The van der Waals surface area contributed by atoms with Crippen molar-refractivity contribution >= 4 is 38.4 Å². The van der Waals surface area contributed by atoms with E-state index >= 15 is 0 Å². The molecule has 1 amide bonds. The number of amidine groups is 1. The fourth-order valence-corrected chi connectivity index (χ4v) is 6.38. The van der Waals surface area contributed by atoms with E-state index in [1.807, 2.05) is 36.3 Å². The highest BCUT2D eigenvalue weighted by atomic mass is 32.2. The molecule has 9 heteroatoms. The van der Waals surface area contributed by atoms with Crippen LogP contribution in [0.3, 0.4) is 0 Å². The predicted octanol–water partition coefficient (Wildman–Crippen LogP) is 1.83. The maximum absolute atomic E-state index is 12.8. The molecule has 3 heterocycles. The molecule has 1 saturated heterocycles. The highest BCUT2D eigenvalue weighted by Gasteiger charge is 2.35. The third-order valence-electron chi connectivity index (χ3n) is 5.08. The fraction of sp³-hybridized carbons (Fsp3) is 0.444. The van der Waals surface area contributed by atoms with Crippen molar-refractivity contribution in [2.75, 3.05) is 23.8 Å². The van der Waals surface area contributed by atoms with Crippen molar-refractivity contribution in [3.8, 4) is 0 Å². The first kappa shape index (κ1) is 18.4. The quantitative estimate of drug-likeness (QED) is 0.822. The molecule has 3 aliphatic rings. The number of rotatable bonds is 4. The largest absolute Gasteiger partial charge is 0.338 e. The van der Waals surface area contributed by atoms with Crippen LogP contribution in [0.25, 0.3) is 0 Å². The van der Waals surface area contributed by atoms with Gasteiger partial charge in [-0.3, -0.25) is 9.80 Å². The molecule has 1 N–H and O–H groups in total. The molecule has 0 unspecified atom stereocenters. The Morgan fingerprint density at radius 3 is 2.96 bits per heavy atom. The van der Waals surface area contributed by atoms with Crippen molar-refractivity contribution in [1.29, 1.82) is 0 Å². The van der Waals surface area contributed by atoms with Gasteiger partial charge in [-0.15, -0.1) is 0 Å². The molecule has 7 nitrogen and oxygen atoms in total. The van der Waals surface area contributed by atoms with E-state index in [9.17, 15) is 13.2 Å². The Morgan fingerprint density at radius 1 is 1.41 bits per heavy atom. The number of amides is 1. The summed E-state index contributed by atoms with van der Waals surface area (Å²) in [4.78, 5) is 19.2. The number of hydrogen-bond acceptors (Lipinski definition) is 7. The second kappa shape index (κ2) is 7.20. The summed E-state index contributed by atoms with van der Waals surface area (Å²) in [5.41, 5.74) is 5.22. The summed E-state index contributed by atoms with van der Waals surface area (Å²) < 4.78 is 23.5. The van der Waals surface area contributed by atoms with Gasteiger partial charge in [0.05, 0.1) is 29.0 Å². The van der Waals surface area contributed by atoms with Crippen LogP contribution < -0.4 is 5.43 Å². The van der Waals surface area contributed by atoms with Crippen molar-refractivity contribution in [3.05, 3.63) is 42.1 Å². The number of sulfone groups is 1. The first-order chi connectivity index (χ1) is 13.0. The van der Waals surface area contributed by atoms with Gasteiger partial charge in [-0.25, -0.2) is 13.4 Å². The van der Waals surface area contributed by atoms with Gasteiger partial charge in [0.25, 0.3) is 0 Å². The number of hydrazine groups is 1. The first-order valence-corrected chi connectivity index (χ1v) is 11.8. The maximum atomic E-state index is 12.8. The number of fused-ring (bicyclic) bond motifs is 3. The van der Waals surface area contributed by atoms with Crippen LogP contribution in [0.4, 0.5) is 5.69 Å². The van der Waals surface area contributed by atoms with Gasteiger partial charge in [0.1, 0.15) is 0 Å². The van der Waals surface area contributed by atoms with Gasteiger partial charge in [-0.05, 0) is 25.5 Å². The predicted molar refractivity (Wildman–Crippen MR) is 107 cm³/mol. The van der Waals surface area contributed by atoms with Crippen LogP contribution in [0.1, 0.15) is 24.9 Å². The van der Waals surface area contributed by atoms with Crippen molar-refractivity contribution in [3.63, 3.8) is 0 Å². The summed E-state index contributed by atoms with van der Waals surface area (Å²) in [5, 5.41) is 2.70. The number of nitrogens with zero attached hydrogens (tertiary/aromatic N) is 3. The topological polar surface area (TPSA) is 82.1 Å². The number of thioether (sulfide) groups is 1. The highest BCUT2D eigenvalue weighted by Crippen LogP contribution is 2.38. The summed E-state index contributed by atoms with van der Waals surface area (Å²) in [6, 6.07) is 7.84. The van der Waals surface area contributed by atoms with Gasteiger partial charge in [-0.2, -0.15) is 0 Å². The normalized spacial score (nSPS) is 24.8. The molecule has 27 heavy (non-hydrogen) atoms. The minimum atomic E-state index is -3.02. The van der Waals surface area contributed by atoms with Gasteiger partial charge < -0.3 is 10.3 Å². The van der Waals surface area contributed by atoms with Crippen molar-refractivity contribution in [2.24, 2.45) is 4.99 Å². The molecule has 144 valence electrons. The summed E-state index contributed by atoms with van der Waals surface area (Å²) in [6.07, 6.45) is 4.48. The molecule has 2 atom stereocenters. The Bertz CT molecular complexity index is 913. The Hall–Kier alpha value is -2.00. The van der Waals surface area contributed by atoms with E-state index in [4.69, 9.17) is 4.99 Å². The van der Waals surface area contributed by atoms with Gasteiger partial charge in [-0.1, -0.05) is 30.0 Å². The molecule has 1 fully saturated rings. The monoisotopic (exact) mass is 406 g/mol. The summed E-state index contributed by atoms with van der Waals surface area (Å²) in [5.74, 6) is 0.430. The molecular weight excluding hydrogens is 384 g/mol. The molecule has 0 spiro atoms. The van der Waals surface area contributed by atoms with E-state index in [1.165, 1.54) is 11.8 Å². The molecular formula is C18H22N4O3S2. The van der Waals surface area contributed by atoms with Crippen LogP contribution >= 0.6 is 11.8 Å². The van der Waals surface area contributed by atoms with E-state index in [-0.39, 0.29) is 35.2 Å². The van der Waals surface area contributed by atoms with Crippen LogP contribution in [0.15, 0.2) is 41.5 Å². The van der Waals surface area contributed by atoms with Gasteiger partial charge in [0.2, 0.25) is 5.91 Å². The number of hydrogen-bond donors (Lipinski definition) is 1. The zero-order valence-corrected chi connectivity index (χ0v) is 16.7. The standard InChI is InChI=1S/C18H22N4O3S2/c1-2-21(13-8-10-27(24,25)12-13)17(23)11-26-18-20-15-6-4-3-5-14(15)16-7-9-19-22(16)18/h3-7,9,13,16,19H,2,8,10-12H2,1H3/t13-,16-/m0/s1. The summed E-state index contributed by atoms with van der Waals surface area (Å²) in [6.45, 7) is 2.41. The number of nitrogens with one attached hydrogen (secondary N) is 1. The van der Waals surface area contributed by atoms with Gasteiger partial charge in [0.15, 0.2) is 15.0 Å². The van der Waals surface area contributed by atoms with E-state index < -0.39 is 9.84 Å². The van der Waals surface area contributed by atoms with E-state index in [0.717, 1.165) is 16.4 Å². The molecule has 0 aliphatic carbocycles. The van der Waals surface area contributed by atoms with Gasteiger partial charge in [0, 0.05) is 24.4 Å². The molecule has 0 bridgehead atoms. The molecule has 4 rings (SSSR count). The Labute approximate surface area is 163 Å². The van der Waals surface area contributed by atoms with E-state index in [1.54, 1.807) is 4.90 Å². The maximum Gasteiger partial charge on any atom is 0.233 e. The lowest BCUT2D eigenvalue weighted by molar-refractivity contribution is -0.129. The van der Waals surface area contributed by atoms with Crippen LogP contribution in [0.5, 0.6) is 0 Å². The molecule has 0 radical (unpaired) electrons. The number of para-hydroxylation sites is 1. The fourth-order valence-electron chi connectivity index (χ4n) is 3.76. The van der Waals surface area contributed by atoms with E-state index in [2.05, 4.69) is 17.6 Å². The van der Waals surface area contributed by atoms with Gasteiger partial charge >= 0.3 is 0 Å². The average molecular weight is 407 g/mol. The number of aliphatic imine (C=N–C) groups is 1. The third kappa shape index (κ3) is 3.58. The van der Waals surface area contributed by atoms with Crippen LogP contribution in [0.2, 0.25) is 0 Å². The number of benzene rings is 1. The molecule has 0 saturated carbocycles.